The van der Waals surface area contributed by atoms with Gasteiger partial charge in [0.2, 0.25) is 5.91 Å². The van der Waals surface area contributed by atoms with Crippen molar-refractivity contribution in [1.82, 2.24) is 10.3 Å². The van der Waals surface area contributed by atoms with E-state index in [-0.39, 0.29) is 5.91 Å². The number of nitrogens with zero attached hydrogens (tertiary/aromatic N) is 1. The molecule has 0 saturated heterocycles. The number of anilines is 1. The lowest BCUT2D eigenvalue weighted by molar-refractivity contribution is -0.120. The minimum atomic E-state index is 0.104. The van der Waals surface area contributed by atoms with Gasteiger partial charge in [-0.1, -0.05) is 0 Å². The van der Waals surface area contributed by atoms with Gasteiger partial charge in [0, 0.05) is 30.6 Å². The van der Waals surface area contributed by atoms with Gasteiger partial charge in [-0.25, -0.2) is 4.98 Å². The third-order valence-electron chi connectivity index (χ3n) is 3.56. The molecule has 1 amide bonds. The van der Waals surface area contributed by atoms with E-state index in [2.05, 4.69) is 15.6 Å². The van der Waals surface area contributed by atoms with Crippen LogP contribution in [0.1, 0.15) is 19.3 Å². The molecule has 2 N–H and O–H groups in total. The first-order chi connectivity index (χ1) is 10.3. The van der Waals surface area contributed by atoms with Crippen molar-refractivity contribution in [2.45, 2.75) is 25.3 Å². The molecule has 3 rings (SSSR count). The number of rotatable bonds is 6. The van der Waals surface area contributed by atoms with Gasteiger partial charge in [0.05, 0.1) is 7.11 Å². The minimum absolute atomic E-state index is 0.104. The van der Waals surface area contributed by atoms with E-state index >= 15 is 0 Å². The van der Waals surface area contributed by atoms with Crippen LogP contribution in [0, 0.1) is 0 Å². The van der Waals surface area contributed by atoms with Crippen molar-refractivity contribution in [3.63, 3.8) is 0 Å². The Morgan fingerprint density at radius 2 is 2.24 bits per heavy atom. The summed E-state index contributed by atoms with van der Waals surface area (Å²) in [4.78, 5) is 16.0. The molecule has 21 heavy (non-hydrogen) atoms. The fourth-order valence-corrected chi connectivity index (χ4v) is 2.25. The largest absolute Gasteiger partial charge is 0.497 e. The maximum Gasteiger partial charge on any atom is 0.221 e. The van der Waals surface area contributed by atoms with Crippen molar-refractivity contribution in [3.05, 3.63) is 30.5 Å². The molecule has 5 nitrogen and oxygen atoms in total. The highest BCUT2D eigenvalue weighted by atomic mass is 16.5. The second kappa shape index (κ2) is 5.99. The number of hydrogen-bond acceptors (Lipinski definition) is 4. The normalized spacial score (nSPS) is 14.0. The molecule has 0 bridgehead atoms. The molecular weight excluding hydrogens is 266 g/mol. The molecule has 0 radical (unpaired) electrons. The number of fused-ring (bicyclic) bond motifs is 1. The highest BCUT2D eigenvalue weighted by molar-refractivity contribution is 5.92. The van der Waals surface area contributed by atoms with Crippen LogP contribution in [0.25, 0.3) is 10.8 Å². The first-order valence-corrected chi connectivity index (χ1v) is 7.22. The number of hydrogen-bond donors (Lipinski definition) is 2. The van der Waals surface area contributed by atoms with Crippen molar-refractivity contribution in [2.75, 3.05) is 19.0 Å². The van der Waals surface area contributed by atoms with Gasteiger partial charge >= 0.3 is 0 Å². The van der Waals surface area contributed by atoms with E-state index in [9.17, 15) is 4.79 Å². The first-order valence-electron chi connectivity index (χ1n) is 7.22. The number of nitrogens with one attached hydrogen (secondary N) is 2. The summed E-state index contributed by atoms with van der Waals surface area (Å²) in [5, 5.41) is 8.31. The number of pyridine rings is 1. The summed E-state index contributed by atoms with van der Waals surface area (Å²) in [5.74, 6) is 1.73. The Balaban J connectivity index is 1.64. The SMILES string of the molecule is COc1ccc2c(NCCC(=O)NC3CC3)nccc2c1. The number of ether oxygens (including phenoxy) is 1. The van der Waals surface area contributed by atoms with E-state index in [0.717, 1.165) is 35.2 Å². The fourth-order valence-electron chi connectivity index (χ4n) is 2.25. The maximum atomic E-state index is 11.6. The number of aromatic nitrogens is 1. The third-order valence-corrected chi connectivity index (χ3v) is 3.56. The molecule has 0 unspecified atom stereocenters. The predicted molar refractivity (Wildman–Crippen MR) is 82.6 cm³/mol. The van der Waals surface area contributed by atoms with Crippen LogP contribution < -0.4 is 15.4 Å². The first kappa shape index (κ1) is 13.7. The summed E-state index contributed by atoms with van der Waals surface area (Å²) < 4.78 is 5.22. The number of amides is 1. The average molecular weight is 285 g/mol. The second-order valence-corrected chi connectivity index (χ2v) is 5.27. The molecule has 5 heteroatoms. The molecule has 1 aromatic heterocycles. The topological polar surface area (TPSA) is 63.2 Å². The predicted octanol–water partition coefficient (Wildman–Crippen LogP) is 2.32. The summed E-state index contributed by atoms with van der Waals surface area (Å²) in [6.45, 7) is 0.580. The number of methoxy groups -OCH3 is 1. The highest BCUT2D eigenvalue weighted by Crippen LogP contribution is 2.25. The molecule has 1 aromatic carbocycles. The Kier molecular flexibility index (Phi) is 3.90. The van der Waals surface area contributed by atoms with Gasteiger partial charge < -0.3 is 15.4 Å². The monoisotopic (exact) mass is 285 g/mol. The standard InChI is InChI=1S/C16H19N3O2/c1-21-13-4-5-14-11(10-13)6-8-17-16(14)18-9-7-15(20)19-12-2-3-12/h4-6,8,10,12H,2-3,7,9H2,1H3,(H,17,18)(H,19,20). The lowest BCUT2D eigenvalue weighted by atomic mass is 10.1. The van der Waals surface area contributed by atoms with Crippen molar-refractivity contribution >= 4 is 22.5 Å². The van der Waals surface area contributed by atoms with Crippen LogP contribution in [-0.4, -0.2) is 30.6 Å². The van der Waals surface area contributed by atoms with Crippen LogP contribution in [0.5, 0.6) is 5.75 Å². The Labute approximate surface area is 123 Å². The molecule has 0 aliphatic heterocycles. The van der Waals surface area contributed by atoms with Gasteiger partial charge in [0.25, 0.3) is 0 Å². The van der Waals surface area contributed by atoms with Crippen molar-refractivity contribution in [2.24, 2.45) is 0 Å². The molecule has 1 heterocycles. The molecule has 110 valence electrons. The molecule has 1 saturated carbocycles. The zero-order valence-electron chi connectivity index (χ0n) is 12.1. The third kappa shape index (κ3) is 3.42. The van der Waals surface area contributed by atoms with Crippen molar-refractivity contribution < 1.29 is 9.53 Å². The summed E-state index contributed by atoms with van der Waals surface area (Å²) in [6.07, 6.45) is 4.46. The number of carbonyl (C=O) groups excluding carboxylic acids is 1. The van der Waals surface area contributed by atoms with E-state index in [0.29, 0.717) is 19.0 Å². The fraction of sp³-hybridized carbons (Fsp3) is 0.375. The zero-order chi connectivity index (χ0) is 14.7. The summed E-state index contributed by atoms with van der Waals surface area (Å²) >= 11 is 0. The Morgan fingerprint density at radius 1 is 1.38 bits per heavy atom. The summed E-state index contributed by atoms with van der Waals surface area (Å²) in [6, 6.07) is 8.23. The van der Waals surface area contributed by atoms with Crippen LogP contribution in [0.3, 0.4) is 0 Å². The van der Waals surface area contributed by atoms with Gasteiger partial charge in [0.15, 0.2) is 0 Å². The van der Waals surface area contributed by atoms with E-state index < -0.39 is 0 Å². The van der Waals surface area contributed by atoms with Gasteiger partial charge in [-0.2, -0.15) is 0 Å². The maximum absolute atomic E-state index is 11.6. The van der Waals surface area contributed by atoms with Gasteiger partial charge in [-0.15, -0.1) is 0 Å². The molecule has 2 aromatic rings. The minimum Gasteiger partial charge on any atom is -0.497 e. The smallest absolute Gasteiger partial charge is 0.221 e. The van der Waals surface area contributed by atoms with Crippen molar-refractivity contribution in [1.29, 1.82) is 0 Å². The molecule has 0 atom stereocenters. The second-order valence-electron chi connectivity index (χ2n) is 5.27. The van der Waals surface area contributed by atoms with Gasteiger partial charge in [0.1, 0.15) is 11.6 Å². The molecule has 0 spiro atoms. The lowest BCUT2D eigenvalue weighted by Gasteiger charge is -2.09. The molecule has 1 fully saturated rings. The van der Waals surface area contributed by atoms with Crippen molar-refractivity contribution in [3.8, 4) is 5.75 Å². The molecule has 1 aliphatic rings. The molecule has 1 aliphatic carbocycles. The highest BCUT2D eigenvalue weighted by Gasteiger charge is 2.22. The Bertz CT molecular complexity index is 653. The van der Waals surface area contributed by atoms with Crippen LogP contribution in [-0.2, 0) is 4.79 Å². The quantitative estimate of drug-likeness (QED) is 0.855. The number of benzene rings is 1. The van der Waals surface area contributed by atoms with E-state index in [4.69, 9.17) is 4.74 Å². The van der Waals surface area contributed by atoms with Crippen LogP contribution in [0.2, 0.25) is 0 Å². The van der Waals surface area contributed by atoms with Crippen LogP contribution in [0.15, 0.2) is 30.5 Å². The van der Waals surface area contributed by atoms with Crippen LogP contribution >= 0.6 is 0 Å². The summed E-state index contributed by atoms with van der Waals surface area (Å²) in [7, 11) is 1.65. The average Bonchev–Trinajstić information content (AvgIpc) is 3.30. The summed E-state index contributed by atoms with van der Waals surface area (Å²) in [5.41, 5.74) is 0. The van der Waals surface area contributed by atoms with E-state index in [1.165, 1.54) is 0 Å². The Morgan fingerprint density at radius 3 is 3.00 bits per heavy atom. The van der Waals surface area contributed by atoms with E-state index in [1.54, 1.807) is 13.3 Å². The zero-order valence-corrected chi connectivity index (χ0v) is 12.1. The van der Waals surface area contributed by atoms with Crippen LogP contribution in [0.4, 0.5) is 5.82 Å². The number of carbonyl (C=O) groups is 1. The van der Waals surface area contributed by atoms with Gasteiger partial charge in [-0.05, 0) is 42.5 Å². The van der Waals surface area contributed by atoms with Gasteiger partial charge in [-0.3, -0.25) is 4.79 Å². The Hall–Kier alpha value is -2.30. The lowest BCUT2D eigenvalue weighted by Crippen LogP contribution is -2.27. The molecular formula is C16H19N3O2. The van der Waals surface area contributed by atoms with E-state index in [1.807, 2.05) is 24.3 Å².